The molecular weight excluding hydrogens is 100 g/mol. The molecule has 0 fully saturated rings. The third-order valence-electron chi connectivity index (χ3n) is 0.937. The molecule has 0 unspecified atom stereocenters. The maximum Gasteiger partial charge on any atom is 0.119 e. The van der Waals surface area contributed by atoms with Gasteiger partial charge in [0.25, 0.3) is 0 Å². The van der Waals surface area contributed by atoms with Gasteiger partial charge in [0.2, 0.25) is 0 Å². The highest BCUT2D eigenvalue weighted by atomic mass is 16.3. The van der Waals surface area contributed by atoms with E-state index in [9.17, 15) is 0 Å². The highest BCUT2D eigenvalue weighted by molar-refractivity contribution is 5.33. The van der Waals surface area contributed by atoms with Gasteiger partial charge >= 0.3 is 0 Å². The van der Waals surface area contributed by atoms with E-state index >= 15 is 0 Å². The summed E-state index contributed by atoms with van der Waals surface area (Å²) in [5, 5.41) is 8.79. The summed E-state index contributed by atoms with van der Waals surface area (Å²) in [5.41, 5.74) is 0.424. The van der Waals surface area contributed by atoms with Crippen molar-refractivity contribution in [2.45, 2.75) is 0 Å². The van der Waals surface area contributed by atoms with Crippen molar-refractivity contribution < 1.29 is 5.11 Å². The molecule has 40 valence electrons. The molecule has 0 heterocycles. The summed E-state index contributed by atoms with van der Waals surface area (Å²) in [4.78, 5) is 0. The SMILES string of the molecule is [CH]c1ccccc1O. The first kappa shape index (κ1) is 5.16. The van der Waals surface area contributed by atoms with E-state index in [1.54, 1.807) is 24.3 Å². The fourth-order valence-corrected chi connectivity index (χ4v) is 0.488. The summed E-state index contributed by atoms with van der Waals surface area (Å²) in [7, 11) is 0. The Morgan fingerprint density at radius 1 is 1.25 bits per heavy atom. The molecule has 0 bridgehead atoms. The highest BCUT2D eigenvalue weighted by Crippen LogP contribution is 2.12. The van der Waals surface area contributed by atoms with Crippen molar-refractivity contribution in [3.63, 3.8) is 0 Å². The minimum absolute atomic E-state index is 0.146. The average molecular weight is 106 g/mol. The number of para-hydroxylation sites is 1. The van der Waals surface area contributed by atoms with E-state index in [-0.39, 0.29) is 5.75 Å². The van der Waals surface area contributed by atoms with E-state index in [0.29, 0.717) is 5.56 Å². The Morgan fingerprint density at radius 2 is 1.88 bits per heavy atom. The topological polar surface area (TPSA) is 20.2 Å². The van der Waals surface area contributed by atoms with Crippen LogP contribution in [0.5, 0.6) is 5.75 Å². The van der Waals surface area contributed by atoms with E-state index in [4.69, 9.17) is 12.0 Å². The van der Waals surface area contributed by atoms with Crippen molar-refractivity contribution in [3.05, 3.63) is 36.8 Å². The molecule has 8 heavy (non-hydrogen) atoms. The van der Waals surface area contributed by atoms with Crippen molar-refractivity contribution in [2.75, 3.05) is 0 Å². The molecule has 1 N–H and O–H groups in total. The summed E-state index contributed by atoms with van der Waals surface area (Å²) in [6, 6.07) is 6.70. The Morgan fingerprint density at radius 3 is 2.25 bits per heavy atom. The monoisotopic (exact) mass is 106 g/mol. The Hall–Kier alpha value is -0.980. The summed E-state index contributed by atoms with van der Waals surface area (Å²) in [5.74, 6) is 0.146. The first-order valence-electron chi connectivity index (χ1n) is 2.34. The molecule has 0 aliphatic rings. The average Bonchev–Trinajstić information content (AvgIpc) is 1.77. The smallest absolute Gasteiger partial charge is 0.119 e. The fraction of sp³-hybridized carbons (Fsp3) is 0. The van der Waals surface area contributed by atoms with E-state index in [0.717, 1.165) is 0 Å². The standard InChI is InChI=1S/C7H6O/c1-6-4-2-3-5-7(6)8/h1-5,8H. The van der Waals surface area contributed by atoms with Crippen LogP contribution >= 0.6 is 0 Å². The number of phenols is 1. The van der Waals surface area contributed by atoms with Gasteiger partial charge in [-0.2, -0.15) is 0 Å². The van der Waals surface area contributed by atoms with Crippen LogP contribution in [0.15, 0.2) is 24.3 Å². The second-order valence-corrected chi connectivity index (χ2v) is 1.56. The van der Waals surface area contributed by atoms with Gasteiger partial charge in [0.15, 0.2) is 0 Å². The van der Waals surface area contributed by atoms with Crippen molar-refractivity contribution in [3.8, 4) is 5.75 Å². The summed E-state index contributed by atoms with van der Waals surface area (Å²) in [6.07, 6.45) is 0. The minimum atomic E-state index is 0.146. The number of rotatable bonds is 0. The van der Waals surface area contributed by atoms with Crippen molar-refractivity contribution in [1.29, 1.82) is 0 Å². The summed E-state index contributed by atoms with van der Waals surface area (Å²) < 4.78 is 0. The molecule has 0 aliphatic heterocycles. The van der Waals surface area contributed by atoms with Gasteiger partial charge in [-0.3, -0.25) is 0 Å². The molecule has 0 aliphatic carbocycles. The molecule has 1 rings (SSSR count). The Kier molecular flexibility index (Phi) is 1.20. The molecule has 1 nitrogen and oxygen atoms in total. The molecule has 0 saturated carbocycles. The highest BCUT2D eigenvalue weighted by Gasteiger charge is 1.87. The van der Waals surface area contributed by atoms with Crippen molar-refractivity contribution >= 4 is 0 Å². The van der Waals surface area contributed by atoms with Crippen LogP contribution in [-0.4, -0.2) is 5.11 Å². The molecule has 0 amide bonds. The quantitative estimate of drug-likeness (QED) is 0.530. The van der Waals surface area contributed by atoms with E-state index < -0.39 is 0 Å². The second-order valence-electron chi connectivity index (χ2n) is 1.56. The molecule has 1 aromatic rings. The number of hydrogen-bond donors (Lipinski definition) is 1. The van der Waals surface area contributed by atoms with Gasteiger partial charge in [0, 0.05) is 6.92 Å². The van der Waals surface area contributed by atoms with Crippen LogP contribution in [0.25, 0.3) is 0 Å². The maximum absolute atomic E-state index is 8.79. The lowest BCUT2D eigenvalue weighted by molar-refractivity contribution is 0.473. The Labute approximate surface area is 48.6 Å². The van der Waals surface area contributed by atoms with E-state index in [2.05, 4.69) is 0 Å². The van der Waals surface area contributed by atoms with Crippen LogP contribution in [-0.2, 0) is 0 Å². The van der Waals surface area contributed by atoms with Gasteiger partial charge in [-0.1, -0.05) is 18.2 Å². The first-order chi connectivity index (χ1) is 3.80. The zero-order valence-electron chi connectivity index (χ0n) is 4.33. The van der Waals surface area contributed by atoms with Crippen molar-refractivity contribution in [2.24, 2.45) is 0 Å². The number of phenolic OH excluding ortho intramolecular Hbond substituents is 1. The van der Waals surface area contributed by atoms with Gasteiger partial charge in [0.1, 0.15) is 5.75 Å². The van der Waals surface area contributed by atoms with Crippen molar-refractivity contribution in [1.82, 2.24) is 0 Å². The number of hydrogen-bond acceptors (Lipinski definition) is 1. The first-order valence-corrected chi connectivity index (χ1v) is 2.34. The zero-order valence-corrected chi connectivity index (χ0v) is 4.33. The lowest BCUT2D eigenvalue weighted by Crippen LogP contribution is -1.68. The van der Waals surface area contributed by atoms with Gasteiger partial charge in [-0.25, -0.2) is 0 Å². The predicted molar refractivity (Wildman–Crippen MR) is 31.5 cm³/mol. The fourth-order valence-electron chi connectivity index (χ4n) is 0.488. The predicted octanol–water partition coefficient (Wildman–Crippen LogP) is 1.45. The van der Waals surface area contributed by atoms with E-state index in [1.807, 2.05) is 0 Å². The third-order valence-corrected chi connectivity index (χ3v) is 0.937. The molecule has 0 spiro atoms. The lowest BCUT2D eigenvalue weighted by Gasteiger charge is -1.91. The van der Waals surface area contributed by atoms with Crippen LogP contribution in [0, 0.1) is 6.92 Å². The molecule has 1 heteroatoms. The molecule has 0 atom stereocenters. The third kappa shape index (κ3) is 0.808. The van der Waals surface area contributed by atoms with E-state index in [1.165, 1.54) is 0 Å². The molecular formula is C7H6O. The van der Waals surface area contributed by atoms with Crippen LogP contribution in [0.3, 0.4) is 0 Å². The summed E-state index contributed by atoms with van der Waals surface area (Å²) in [6.45, 7) is 5.27. The lowest BCUT2D eigenvalue weighted by atomic mass is 10.2. The van der Waals surface area contributed by atoms with Crippen LogP contribution in [0.1, 0.15) is 5.56 Å². The van der Waals surface area contributed by atoms with Gasteiger partial charge in [-0.05, 0) is 11.6 Å². The largest absolute Gasteiger partial charge is 0.508 e. The minimum Gasteiger partial charge on any atom is -0.508 e. The molecule has 0 saturated heterocycles. The maximum atomic E-state index is 8.79. The van der Waals surface area contributed by atoms with Crippen LogP contribution in [0.2, 0.25) is 0 Å². The molecule has 1 aromatic carbocycles. The van der Waals surface area contributed by atoms with Crippen LogP contribution in [0.4, 0.5) is 0 Å². The normalized spacial score (nSPS) is 9.12. The Bertz CT molecular complexity index is 160. The van der Waals surface area contributed by atoms with Gasteiger partial charge < -0.3 is 5.11 Å². The number of aromatic hydroxyl groups is 1. The molecule has 0 aromatic heterocycles. The second kappa shape index (κ2) is 1.86. The summed E-state index contributed by atoms with van der Waals surface area (Å²) >= 11 is 0. The zero-order chi connectivity index (χ0) is 5.98. The van der Waals surface area contributed by atoms with Gasteiger partial charge in [0.05, 0.1) is 0 Å². The Balaban J connectivity index is 3.13. The van der Waals surface area contributed by atoms with Gasteiger partial charge in [-0.15, -0.1) is 0 Å². The van der Waals surface area contributed by atoms with Crippen LogP contribution < -0.4 is 0 Å². The number of benzene rings is 1. The molecule has 2 radical (unpaired) electrons.